The molecule has 2 aromatic rings. The van der Waals surface area contributed by atoms with Crippen LogP contribution in [0.2, 0.25) is 5.02 Å². The van der Waals surface area contributed by atoms with E-state index in [1.165, 1.54) is 12.1 Å². The van der Waals surface area contributed by atoms with Crippen LogP contribution in [0.3, 0.4) is 0 Å². The third-order valence-corrected chi connectivity index (χ3v) is 8.36. The minimum atomic E-state index is -0.469. The lowest BCUT2D eigenvalue weighted by Crippen LogP contribution is -2.60. The molecule has 2 saturated heterocycles. The number of hydrogen-bond donors (Lipinski definition) is 0. The molecule has 9 nitrogen and oxygen atoms in total. The van der Waals surface area contributed by atoms with Crippen LogP contribution < -0.4 is 9.64 Å². The highest BCUT2D eigenvalue weighted by Crippen LogP contribution is 2.44. The van der Waals surface area contributed by atoms with Gasteiger partial charge in [0.1, 0.15) is 28.8 Å². The molecule has 214 valence electrons. The lowest BCUT2D eigenvalue weighted by Gasteiger charge is -2.48. The Kier molecular flexibility index (Phi) is 8.03. The van der Waals surface area contributed by atoms with Gasteiger partial charge in [0.05, 0.1) is 18.3 Å². The molecule has 40 heavy (non-hydrogen) atoms. The highest BCUT2D eigenvalue weighted by Gasteiger charge is 2.42. The number of amides is 2. The molecule has 5 rings (SSSR count). The first kappa shape index (κ1) is 28.3. The molecule has 0 aliphatic carbocycles. The van der Waals surface area contributed by atoms with Crippen LogP contribution in [0.15, 0.2) is 36.9 Å². The van der Waals surface area contributed by atoms with Crippen LogP contribution in [-0.4, -0.2) is 109 Å². The number of carbonyl (C=O) groups excluding carboxylic acids is 2. The molecule has 0 bridgehead atoms. The molecule has 0 N–H and O–H groups in total. The quantitative estimate of drug-likeness (QED) is 0.492. The van der Waals surface area contributed by atoms with Crippen molar-refractivity contribution in [1.82, 2.24) is 19.7 Å². The number of nitrogens with zero attached hydrogens (tertiary/aromatic N) is 5. The first-order valence-electron chi connectivity index (χ1n) is 13.5. The predicted molar refractivity (Wildman–Crippen MR) is 151 cm³/mol. The first-order valence-corrected chi connectivity index (χ1v) is 13.9. The molecule has 0 unspecified atom stereocenters. The summed E-state index contributed by atoms with van der Waals surface area (Å²) in [4.78, 5) is 39.2. The SMILES string of the molecule is C=CC(=O)N1CCN2C(=O)c3c(N4CCN(CCOC)C(C)(C)C4)nc(-c4ccccc4F)c(Cl)c3OC[C@H]2C1. The van der Waals surface area contributed by atoms with Crippen molar-refractivity contribution in [2.24, 2.45) is 0 Å². The molecule has 11 heteroatoms. The lowest BCUT2D eigenvalue weighted by atomic mass is 9.97. The van der Waals surface area contributed by atoms with Gasteiger partial charge in [-0.2, -0.15) is 0 Å². The standard InChI is InChI=1S/C29H35ClFN5O4/c1-5-22(37)33-11-13-36-19(16-33)17-40-26-23(28(36)38)27(32-25(24(26)30)20-8-6-7-9-21(20)31)34-10-12-35(14-15-39-4)29(2,3)18-34/h5-9,19H,1,10-18H2,2-4H3/t19-/m1/s1. The number of ether oxygens (including phenoxy) is 2. The van der Waals surface area contributed by atoms with Crippen molar-refractivity contribution in [3.8, 4) is 17.0 Å². The maximum Gasteiger partial charge on any atom is 0.261 e. The van der Waals surface area contributed by atoms with E-state index in [9.17, 15) is 9.59 Å². The van der Waals surface area contributed by atoms with E-state index in [0.29, 0.717) is 45.1 Å². The number of pyridine rings is 1. The van der Waals surface area contributed by atoms with Crippen LogP contribution in [0.4, 0.5) is 10.2 Å². The number of fused-ring (bicyclic) bond motifs is 2. The van der Waals surface area contributed by atoms with Crippen LogP contribution in [0.25, 0.3) is 11.3 Å². The Hall–Kier alpha value is -3.21. The fourth-order valence-corrected chi connectivity index (χ4v) is 6.12. The van der Waals surface area contributed by atoms with E-state index in [1.807, 2.05) is 0 Å². The average Bonchev–Trinajstić information content (AvgIpc) is 3.09. The second-order valence-corrected chi connectivity index (χ2v) is 11.3. The monoisotopic (exact) mass is 571 g/mol. The minimum Gasteiger partial charge on any atom is -0.489 e. The normalized spacial score (nSPS) is 20.9. The number of aromatic nitrogens is 1. The number of carbonyl (C=O) groups is 2. The number of hydrogen-bond acceptors (Lipinski definition) is 7. The summed E-state index contributed by atoms with van der Waals surface area (Å²) in [6.07, 6.45) is 1.28. The number of methoxy groups -OCH3 is 1. The van der Waals surface area contributed by atoms with E-state index < -0.39 is 5.82 Å². The Bertz CT molecular complexity index is 1320. The molecule has 2 fully saturated rings. The Morgan fingerprint density at radius 1 is 1.27 bits per heavy atom. The molecule has 0 saturated carbocycles. The van der Waals surface area contributed by atoms with Gasteiger partial charge in [-0.1, -0.05) is 30.3 Å². The van der Waals surface area contributed by atoms with Crippen LogP contribution >= 0.6 is 11.6 Å². The van der Waals surface area contributed by atoms with Crippen molar-refractivity contribution < 1.29 is 23.5 Å². The molecule has 2 amide bonds. The Labute approximate surface area is 239 Å². The van der Waals surface area contributed by atoms with Crippen molar-refractivity contribution in [3.63, 3.8) is 0 Å². The molecule has 3 aliphatic heterocycles. The third kappa shape index (κ3) is 5.15. The summed E-state index contributed by atoms with van der Waals surface area (Å²) in [5.74, 6) is -0.293. The molecule has 4 heterocycles. The number of halogens is 2. The number of rotatable bonds is 6. The smallest absolute Gasteiger partial charge is 0.261 e. The Balaban J connectivity index is 1.60. The van der Waals surface area contributed by atoms with Crippen LogP contribution in [0.1, 0.15) is 24.2 Å². The topological polar surface area (TPSA) is 78.5 Å². The molecular weight excluding hydrogens is 537 g/mol. The largest absolute Gasteiger partial charge is 0.489 e. The molecule has 1 atom stereocenters. The van der Waals surface area contributed by atoms with E-state index in [2.05, 4.69) is 30.2 Å². The maximum atomic E-state index is 15.0. The molecule has 1 aromatic heterocycles. The molecule has 0 spiro atoms. The highest BCUT2D eigenvalue weighted by atomic mass is 35.5. The van der Waals surface area contributed by atoms with E-state index in [-0.39, 0.29) is 57.6 Å². The average molecular weight is 572 g/mol. The van der Waals surface area contributed by atoms with Gasteiger partial charge < -0.3 is 24.2 Å². The van der Waals surface area contributed by atoms with Gasteiger partial charge in [0.2, 0.25) is 5.91 Å². The number of anilines is 1. The van der Waals surface area contributed by atoms with Crippen LogP contribution in [0.5, 0.6) is 5.75 Å². The Morgan fingerprint density at radius 2 is 2.05 bits per heavy atom. The zero-order valence-electron chi connectivity index (χ0n) is 23.2. The molecule has 0 radical (unpaired) electrons. The van der Waals surface area contributed by atoms with E-state index in [1.54, 1.807) is 35.1 Å². The van der Waals surface area contributed by atoms with E-state index >= 15 is 4.39 Å². The maximum absolute atomic E-state index is 15.0. The van der Waals surface area contributed by atoms with E-state index in [0.717, 1.165) is 13.1 Å². The molecule has 3 aliphatic rings. The summed E-state index contributed by atoms with van der Waals surface area (Å²) in [6.45, 7) is 12.3. The van der Waals surface area contributed by atoms with Gasteiger partial charge in [-0.3, -0.25) is 14.5 Å². The van der Waals surface area contributed by atoms with Crippen molar-refractivity contribution in [2.75, 3.05) is 71.0 Å². The second-order valence-electron chi connectivity index (χ2n) is 10.9. The number of benzene rings is 1. The fourth-order valence-electron chi connectivity index (χ4n) is 5.82. The summed E-state index contributed by atoms with van der Waals surface area (Å²) in [7, 11) is 1.69. The van der Waals surface area contributed by atoms with Gasteiger partial charge in [0.15, 0.2) is 5.75 Å². The predicted octanol–water partition coefficient (Wildman–Crippen LogP) is 3.32. The zero-order chi connectivity index (χ0) is 28.6. The van der Waals surface area contributed by atoms with Gasteiger partial charge in [0.25, 0.3) is 5.91 Å². The van der Waals surface area contributed by atoms with Gasteiger partial charge in [-0.25, -0.2) is 9.37 Å². The first-order chi connectivity index (χ1) is 19.2. The van der Waals surface area contributed by atoms with Gasteiger partial charge in [-0.05, 0) is 32.1 Å². The highest BCUT2D eigenvalue weighted by molar-refractivity contribution is 6.35. The van der Waals surface area contributed by atoms with Gasteiger partial charge >= 0.3 is 0 Å². The van der Waals surface area contributed by atoms with Crippen LogP contribution in [0, 0.1) is 5.82 Å². The van der Waals surface area contributed by atoms with Gasteiger partial charge in [-0.15, -0.1) is 0 Å². The minimum absolute atomic E-state index is 0.0917. The summed E-state index contributed by atoms with van der Waals surface area (Å²) in [6, 6.07) is 5.92. The Morgan fingerprint density at radius 3 is 2.75 bits per heavy atom. The summed E-state index contributed by atoms with van der Waals surface area (Å²) < 4.78 is 26.6. The number of piperazine rings is 2. The van der Waals surface area contributed by atoms with Crippen LogP contribution in [-0.2, 0) is 9.53 Å². The molecular formula is C29H35ClFN5O4. The van der Waals surface area contributed by atoms with Gasteiger partial charge in [0, 0.05) is 64.0 Å². The summed E-state index contributed by atoms with van der Waals surface area (Å²) >= 11 is 6.87. The fraction of sp³-hybridized carbons (Fsp3) is 0.483. The van der Waals surface area contributed by atoms with Crippen molar-refractivity contribution in [2.45, 2.75) is 25.4 Å². The zero-order valence-corrected chi connectivity index (χ0v) is 23.9. The second kappa shape index (κ2) is 11.3. The van der Waals surface area contributed by atoms with E-state index in [4.69, 9.17) is 26.1 Å². The van der Waals surface area contributed by atoms with Crippen molar-refractivity contribution in [3.05, 3.63) is 53.3 Å². The lowest BCUT2D eigenvalue weighted by molar-refractivity contribution is -0.128. The third-order valence-electron chi connectivity index (χ3n) is 8.01. The summed E-state index contributed by atoms with van der Waals surface area (Å²) in [5.41, 5.74) is 0.480. The van der Waals surface area contributed by atoms with Crippen molar-refractivity contribution >= 4 is 29.2 Å². The summed E-state index contributed by atoms with van der Waals surface area (Å²) in [5, 5.41) is 0.0917. The van der Waals surface area contributed by atoms with Crippen molar-refractivity contribution in [1.29, 1.82) is 0 Å². The molecule has 1 aromatic carbocycles.